The fourth-order valence-electron chi connectivity index (χ4n) is 1.16. The number of hydrogen-bond donors (Lipinski definition) is 1. The summed E-state index contributed by atoms with van der Waals surface area (Å²) in [7, 11) is 0. The fourth-order valence-corrected chi connectivity index (χ4v) is 1.23. The van der Waals surface area contributed by atoms with Gasteiger partial charge in [0.05, 0.1) is 5.25 Å². The second-order valence-corrected chi connectivity index (χ2v) is 4.42. The van der Waals surface area contributed by atoms with Gasteiger partial charge in [-0.25, -0.2) is 4.79 Å². The Labute approximate surface area is 114 Å². The zero-order valence-electron chi connectivity index (χ0n) is 10.9. The van der Waals surface area contributed by atoms with Crippen LogP contribution >= 0.6 is 12.6 Å². The average molecular weight is 275 g/mol. The van der Waals surface area contributed by atoms with Gasteiger partial charge in [0.1, 0.15) is 13.2 Å². The summed E-state index contributed by atoms with van der Waals surface area (Å²) in [6.07, 6.45) is 1.13. The highest BCUT2D eigenvalue weighted by molar-refractivity contribution is 7.81. The molecular formula is C12H21NO4S. The number of likely N-dealkylation sites (N-methyl/N-ethyl adjacent to an activating group) is 1. The van der Waals surface area contributed by atoms with Gasteiger partial charge in [-0.05, 0) is 13.5 Å². The minimum Gasteiger partial charge on any atom is -0.464 e. The van der Waals surface area contributed by atoms with E-state index in [0.29, 0.717) is 26.3 Å². The summed E-state index contributed by atoms with van der Waals surface area (Å²) in [5, 5.41) is -0.409. The molecular weight excluding hydrogens is 254 g/mol. The van der Waals surface area contributed by atoms with Crippen LogP contribution in [0.2, 0.25) is 0 Å². The molecule has 0 saturated heterocycles. The van der Waals surface area contributed by atoms with Crippen LogP contribution in [-0.2, 0) is 19.1 Å². The molecule has 0 aliphatic rings. The molecule has 0 saturated carbocycles. The highest BCUT2D eigenvalue weighted by atomic mass is 32.1. The monoisotopic (exact) mass is 275 g/mol. The minimum absolute atomic E-state index is 0.301. The molecule has 0 bridgehead atoms. The first-order chi connectivity index (χ1) is 8.51. The third-order valence-corrected chi connectivity index (χ3v) is 2.47. The van der Waals surface area contributed by atoms with Crippen molar-refractivity contribution in [3.8, 4) is 0 Å². The van der Waals surface area contributed by atoms with Gasteiger partial charge < -0.3 is 9.47 Å². The highest BCUT2D eigenvalue weighted by Crippen LogP contribution is 1.97. The molecule has 1 unspecified atom stereocenters. The number of thiol groups is 1. The van der Waals surface area contributed by atoms with E-state index in [1.807, 2.05) is 11.8 Å². The lowest BCUT2D eigenvalue weighted by atomic mass is 10.4. The third kappa shape index (κ3) is 8.14. The molecule has 104 valence electrons. The van der Waals surface area contributed by atoms with Gasteiger partial charge in [0.2, 0.25) is 0 Å². The molecule has 18 heavy (non-hydrogen) atoms. The SMILES string of the molecule is C=CC(=O)OCCN(CC)CCOC(=O)C(C)S. The zero-order valence-corrected chi connectivity index (χ0v) is 11.8. The first kappa shape index (κ1) is 17.0. The van der Waals surface area contributed by atoms with Crippen LogP contribution in [-0.4, -0.2) is 54.9 Å². The van der Waals surface area contributed by atoms with Gasteiger partial charge in [0.15, 0.2) is 0 Å². The predicted molar refractivity (Wildman–Crippen MR) is 72.7 cm³/mol. The zero-order chi connectivity index (χ0) is 14.0. The van der Waals surface area contributed by atoms with Crippen LogP contribution in [0.15, 0.2) is 12.7 Å². The molecule has 0 fully saturated rings. The van der Waals surface area contributed by atoms with Gasteiger partial charge in [-0.2, -0.15) is 12.6 Å². The second kappa shape index (κ2) is 9.96. The summed E-state index contributed by atoms with van der Waals surface area (Å²) >= 11 is 3.98. The van der Waals surface area contributed by atoms with E-state index in [0.717, 1.165) is 12.6 Å². The van der Waals surface area contributed by atoms with E-state index in [9.17, 15) is 9.59 Å². The van der Waals surface area contributed by atoms with Crippen molar-refractivity contribution in [3.63, 3.8) is 0 Å². The Bertz CT molecular complexity index is 281. The van der Waals surface area contributed by atoms with Crippen molar-refractivity contribution in [3.05, 3.63) is 12.7 Å². The third-order valence-electron chi connectivity index (χ3n) is 2.26. The Balaban J connectivity index is 3.73. The van der Waals surface area contributed by atoms with E-state index < -0.39 is 11.2 Å². The summed E-state index contributed by atoms with van der Waals surface area (Å²) in [4.78, 5) is 24.0. The van der Waals surface area contributed by atoms with Crippen LogP contribution in [0.5, 0.6) is 0 Å². The number of carbonyl (C=O) groups excluding carboxylic acids is 2. The smallest absolute Gasteiger partial charge is 0.330 e. The van der Waals surface area contributed by atoms with Crippen LogP contribution < -0.4 is 0 Å². The number of rotatable bonds is 9. The Morgan fingerprint density at radius 1 is 1.33 bits per heavy atom. The van der Waals surface area contributed by atoms with Gasteiger partial charge in [-0.1, -0.05) is 13.5 Å². The Kier molecular flexibility index (Phi) is 9.40. The van der Waals surface area contributed by atoms with Crippen LogP contribution in [0, 0.1) is 0 Å². The molecule has 0 aromatic heterocycles. The molecule has 0 radical (unpaired) electrons. The van der Waals surface area contributed by atoms with Crippen molar-refractivity contribution in [1.29, 1.82) is 0 Å². The van der Waals surface area contributed by atoms with Crippen molar-refractivity contribution in [2.75, 3.05) is 32.8 Å². The molecule has 0 aliphatic heterocycles. The minimum atomic E-state index is -0.429. The Hall–Kier alpha value is -1.01. The lowest BCUT2D eigenvalue weighted by molar-refractivity contribution is -0.143. The van der Waals surface area contributed by atoms with E-state index in [2.05, 4.69) is 19.2 Å². The maximum absolute atomic E-state index is 11.2. The Morgan fingerprint density at radius 3 is 2.33 bits per heavy atom. The second-order valence-electron chi connectivity index (χ2n) is 3.65. The van der Waals surface area contributed by atoms with Gasteiger partial charge in [-0.15, -0.1) is 0 Å². The van der Waals surface area contributed by atoms with Gasteiger partial charge in [0, 0.05) is 19.2 Å². The summed E-state index contributed by atoms with van der Waals surface area (Å²) < 4.78 is 9.87. The van der Waals surface area contributed by atoms with Crippen LogP contribution in [0.25, 0.3) is 0 Å². The molecule has 0 heterocycles. The van der Waals surface area contributed by atoms with Crippen molar-refractivity contribution < 1.29 is 19.1 Å². The lowest BCUT2D eigenvalue weighted by Gasteiger charge is -2.19. The molecule has 0 aromatic carbocycles. The van der Waals surface area contributed by atoms with E-state index >= 15 is 0 Å². The first-order valence-corrected chi connectivity index (χ1v) is 6.39. The lowest BCUT2D eigenvalue weighted by Crippen LogP contribution is -2.32. The van der Waals surface area contributed by atoms with Crippen LogP contribution in [0.1, 0.15) is 13.8 Å². The maximum Gasteiger partial charge on any atom is 0.330 e. The molecule has 0 amide bonds. The highest BCUT2D eigenvalue weighted by Gasteiger charge is 2.10. The fraction of sp³-hybridized carbons (Fsp3) is 0.667. The largest absolute Gasteiger partial charge is 0.464 e. The van der Waals surface area contributed by atoms with Crippen molar-refractivity contribution >= 4 is 24.6 Å². The topological polar surface area (TPSA) is 55.8 Å². The van der Waals surface area contributed by atoms with Gasteiger partial charge in [-0.3, -0.25) is 9.69 Å². The number of hydrogen-bond acceptors (Lipinski definition) is 6. The molecule has 1 atom stereocenters. The summed E-state index contributed by atoms with van der Waals surface area (Å²) in [5.41, 5.74) is 0. The first-order valence-electron chi connectivity index (χ1n) is 5.87. The van der Waals surface area contributed by atoms with Crippen LogP contribution in [0.4, 0.5) is 0 Å². The molecule has 0 aromatic rings. The van der Waals surface area contributed by atoms with Gasteiger partial charge in [0.25, 0.3) is 0 Å². The molecule has 0 rings (SSSR count). The number of esters is 2. The van der Waals surface area contributed by atoms with Crippen LogP contribution in [0.3, 0.4) is 0 Å². The normalized spacial score (nSPS) is 12.0. The van der Waals surface area contributed by atoms with E-state index in [4.69, 9.17) is 9.47 Å². The predicted octanol–water partition coefficient (Wildman–Crippen LogP) is 0.899. The molecule has 6 heteroatoms. The van der Waals surface area contributed by atoms with Gasteiger partial charge >= 0.3 is 11.9 Å². The Morgan fingerprint density at radius 2 is 1.89 bits per heavy atom. The van der Waals surface area contributed by atoms with E-state index in [-0.39, 0.29) is 5.97 Å². The van der Waals surface area contributed by atoms with Crippen molar-refractivity contribution in [2.24, 2.45) is 0 Å². The summed E-state index contributed by atoms with van der Waals surface area (Å²) in [6, 6.07) is 0. The molecule has 0 spiro atoms. The van der Waals surface area contributed by atoms with E-state index in [1.165, 1.54) is 0 Å². The molecule has 5 nitrogen and oxygen atoms in total. The maximum atomic E-state index is 11.2. The van der Waals surface area contributed by atoms with Crippen molar-refractivity contribution in [1.82, 2.24) is 4.90 Å². The molecule has 0 aliphatic carbocycles. The summed E-state index contributed by atoms with van der Waals surface area (Å²) in [6.45, 7) is 9.57. The number of nitrogens with zero attached hydrogens (tertiary/aromatic N) is 1. The number of carbonyl (C=O) groups is 2. The standard InChI is InChI=1S/C12H21NO4S/c1-4-11(14)16-8-6-13(5-2)7-9-17-12(15)10(3)18/h4,10,18H,1,5-9H2,2-3H3. The van der Waals surface area contributed by atoms with Crippen molar-refractivity contribution in [2.45, 2.75) is 19.1 Å². The van der Waals surface area contributed by atoms with E-state index in [1.54, 1.807) is 6.92 Å². The quantitative estimate of drug-likeness (QED) is 0.385. The summed E-state index contributed by atoms with van der Waals surface area (Å²) in [5.74, 6) is -0.756. The number of ether oxygens (including phenoxy) is 2. The average Bonchev–Trinajstić information content (AvgIpc) is 2.36. The molecule has 0 N–H and O–H groups in total.